The number of rotatable bonds is 7. The molecule has 0 saturated heterocycles. The van der Waals surface area contributed by atoms with Crippen molar-refractivity contribution in [3.8, 4) is 5.95 Å². The van der Waals surface area contributed by atoms with Crippen LogP contribution in [0.25, 0.3) is 17.1 Å². The van der Waals surface area contributed by atoms with Crippen LogP contribution in [0.3, 0.4) is 0 Å². The van der Waals surface area contributed by atoms with Gasteiger partial charge < -0.3 is 15.0 Å². The molecule has 0 spiro atoms. The fourth-order valence-corrected chi connectivity index (χ4v) is 3.05. The summed E-state index contributed by atoms with van der Waals surface area (Å²) in [6.45, 7) is 2.97. The maximum absolute atomic E-state index is 12.7. The summed E-state index contributed by atoms with van der Waals surface area (Å²) in [6, 6.07) is 7.11. The highest BCUT2D eigenvalue weighted by Crippen LogP contribution is 2.12. The van der Waals surface area contributed by atoms with Gasteiger partial charge in [0.1, 0.15) is 0 Å². The van der Waals surface area contributed by atoms with Crippen LogP contribution in [0, 0.1) is 0 Å². The largest absolute Gasteiger partial charge is 0.478 e. The van der Waals surface area contributed by atoms with E-state index in [0.717, 1.165) is 18.2 Å². The second kappa shape index (κ2) is 8.22. The normalized spacial score (nSPS) is 11.0. The van der Waals surface area contributed by atoms with Gasteiger partial charge in [-0.3, -0.25) is 14.6 Å². The lowest BCUT2D eigenvalue weighted by atomic mass is 10.1. The van der Waals surface area contributed by atoms with Crippen molar-refractivity contribution in [1.82, 2.24) is 34.6 Å². The van der Waals surface area contributed by atoms with Crippen molar-refractivity contribution in [2.24, 2.45) is 0 Å². The van der Waals surface area contributed by atoms with Crippen LogP contribution in [0.5, 0.6) is 0 Å². The third-order valence-corrected chi connectivity index (χ3v) is 4.62. The molecule has 3 heterocycles. The first-order valence-electron chi connectivity index (χ1n) is 9.57. The molecule has 11 nitrogen and oxygen atoms in total. The van der Waals surface area contributed by atoms with Gasteiger partial charge in [-0.05, 0) is 24.1 Å². The minimum absolute atomic E-state index is 0.0277. The Labute approximate surface area is 175 Å². The van der Waals surface area contributed by atoms with E-state index in [-0.39, 0.29) is 28.6 Å². The number of carboxylic acid groups (broad SMARTS) is 1. The Morgan fingerprint density at radius 1 is 1.19 bits per heavy atom. The number of hydrogen-bond donors (Lipinski definition) is 3. The molecule has 4 aromatic rings. The Balaban J connectivity index is 1.58. The maximum Gasteiger partial charge on any atom is 0.338 e. The van der Waals surface area contributed by atoms with Crippen LogP contribution < -0.4 is 10.9 Å². The van der Waals surface area contributed by atoms with Crippen LogP contribution in [-0.2, 0) is 6.54 Å². The van der Waals surface area contributed by atoms with Crippen molar-refractivity contribution in [3.05, 3.63) is 70.0 Å². The SMILES string of the molecule is CCCNC(=O)c1ccc(Cn2cnc3nc(-n4cc(C(=O)O)cn4)[nH]c(=O)c32)cc1. The summed E-state index contributed by atoms with van der Waals surface area (Å²) in [5, 5.41) is 15.7. The maximum atomic E-state index is 12.7. The lowest BCUT2D eigenvalue weighted by Crippen LogP contribution is -2.23. The molecule has 0 fully saturated rings. The van der Waals surface area contributed by atoms with Gasteiger partial charge in [-0.15, -0.1) is 0 Å². The van der Waals surface area contributed by atoms with Crippen LogP contribution in [0.1, 0.15) is 39.6 Å². The van der Waals surface area contributed by atoms with Gasteiger partial charge in [0.05, 0.1) is 18.1 Å². The van der Waals surface area contributed by atoms with Gasteiger partial charge in [-0.1, -0.05) is 19.1 Å². The monoisotopic (exact) mass is 421 g/mol. The van der Waals surface area contributed by atoms with Crippen LogP contribution in [0.4, 0.5) is 0 Å². The number of nitrogens with zero attached hydrogens (tertiary/aromatic N) is 5. The molecule has 0 bridgehead atoms. The van der Waals surface area contributed by atoms with Gasteiger partial charge in [0, 0.05) is 24.8 Å². The minimum Gasteiger partial charge on any atom is -0.478 e. The summed E-state index contributed by atoms with van der Waals surface area (Å²) < 4.78 is 2.83. The molecule has 4 rings (SSSR count). The zero-order valence-corrected chi connectivity index (χ0v) is 16.6. The highest BCUT2D eigenvalue weighted by Gasteiger charge is 2.14. The van der Waals surface area contributed by atoms with E-state index in [0.29, 0.717) is 18.7 Å². The quantitative estimate of drug-likeness (QED) is 0.406. The van der Waals surface area contributed by atoms with Gasteiger partial charge in [0.2, 0.25) is 5.95 Å². The number of aromatic nitrogens is 6. The average molecular weight is 421 g/mol. The molecule has 0 aliphatic heterocycles. The predicted molar refractivity (Wildman–Crippen MR) is 110 cm³/mol. The Morgan fingerprint density at radius 3 is 2.65 bits per heavy atom. The van der Waals surface area contributed by atoms with E-state index in [1.165, 1.54) is 17.2 Å². The fourth-order valence-electron chi connectivity index (χ4n) is 3.05. The summed E-state index contributed by atoms with van der Waals surface area (Å²) in [4.78, 5) is 46.8. The van der Waals surface area contributed by atoms with Gasteiger partial charge in [0.25, 0.3) is 11.5 Å². The number of imidazole rings is 1. The number of benzene rings is 1. The Kier molecular flexibility index (Phi) is 5.31. The number of aromatic amines is 1. The van der Waals surface area contributed by atoms with Gasteiger partial charge in [-0.2, -0.15) is 10.1 Å². The molecule has 0 aliphatic rings. The highest BCUT2D eigenvalue weighted by atomic mass is 16.4. The molecule has 1 amide bonds. The number of hydrogen-bond acceptors (Lipinski definition) is 6. The zero-order chi connectivity index (χ0) is 22.0. The first-order valence-corrected chi connectivity index (χ1v) is 9.57. The van der Waals surface area contributed by atoms with Crippen LogP contribution in [0.2, 0.25) is 0 Å². The Morgan fingerprint density at radius 2 is 1.97 bits per heavy atom. The van der Waals surface area contributed by atoms with Crippen molar-refractivity contribution in [1.29, 1.82) is 0 Å². The first-order chi connectivity index (χ1) is 15.0. The number of nitrogens with one attached hydrogen (secondary N) is 2. The van der Waals surface area contributed by atoms with Gasteiger partial charge in [0.15, 0.2) is 11.2 Å². The van der Waals surface area contributed by atoms with E-state index in [4.69, 9.17) is 5.11 Å². The van der Waals surface area contributed by atoms with Crippen molar-refractivity contribution >= 4 is 23.0 Å². The molecule has 0 unspecified atom stereocenters. The lowest BCUT2D eigenvalue weighted by Gasteiger charge is -2.07. The minimum atomic E-state index is -1.13. The molecule has 3 aromatic heterocycles. The van der Waals surface area contributed by atoms with Crippen LogP contribution >= 0.6 is 0 Å². The molecule has 1 aromatic carbocycles. The molecule has 3 N–H and O–H groups in total. The third kappa shape index (κ3) is 4.06. The summed E-state index contributed by atoms with van der Waals surface area (Å²) in [6.07, 6.45) is 4.78. The van der Waals surface area contributed by atoms with Crippen molar-refractivity contribution in [3.63, 3.8) is 0 Å². The van der Waals surface area contributed by atoms with Crippen molar-refractivity contribution < 1.29 is 14.7 Å². The Bertz CT molecular complexity index is 1320. The second-order valence-corrected chi connectivity index (χ2v) is 6.87. The summed E-state index contributed by atoms with van der Waals surface area (Å²) >= 11 is 0. The molecule has 0 saturated carbocycles. The molecule has 158 valence electrons. The molecular weight excluding hydrogens is 402 g/mol. The predicted octanol–water partition coefficient (Wildman–Crippen LogP) is 1.19. The number of carbonyl (C=O) groups excluding carboxylic acids is 1. The molecule has 11 heteroatoms. The number of carboxylic acids is 1. The Hall–Kier alpha value is -4.28. The molecule has 0 atom stereocenters. The van der Waals surface area contributed by atoms with E-state index in [9.17, 15) is 14.4 Å². The van der Waals surface area contributed by atoms with Crippen LogP contribution in [-0.4, -0.2) is 52.8 Å². The van der Waals surface area contributed by atoms with Crippen LogP contribution in [0.15, 0.2) is 47.8 Å². The van der Waals surface area contributed by atoms with E-state index in [2.05, 4.69) is 25.4 Å². The topological polar surface area (TPSA) is 148 Å². The standard InChI is InChI=1S/C20H19N7O4/c1-2-7-21-17(28)13-5-3-12(4-6-13)9-26-11-22-16-15(26)18(29)25-20(24-16)27-10-14(8-23-27)19(30)31/h3-6,8,10-11H,2,7,9H2,1H3,(H,21,28)(H,30,31)(H,24,25,29). The van der Waals surface area contributed by atoms with E-state index >= 15 is 0 Å². The number of H-pyrrole nitrogens is 1. The lowest BCUT2D eigenvalue weighted by molar-refractivity contribution is 0.0696. The fraction of sp³-hybridized carbons (Fsp3) is 0.200. The number of aromatic carboxylic acids is 1. The van der Waals surface area contributed by atoms with Crippen molar-refractivity contribution in [2.45, 2.75) is 19.9 Å². The second-order valence-electron chi connectivity index (χ2n) is 6.87. The average Bonchev–Trinajstić information content (AvgIpc) is 3.40. The van der Waals surface area contributed by atoms with Crippen molar-refractivity contribution in [2.75, 3.05) is 6.54 Å². The molecule has 0 radical (unpaired) electrons. The van der Waals surface area contributed by atoms with E-state index in [1.54, 1.807) is 16.7 Å². The van der Waals surface area contributed by atoms with E-state index < -0.39 is 11.5 Å². The summed E-state index contributed by atoms with van der Waals surface area (Å²) in [5.41, 5.74) is 1.48. The number of fused-ring (bicyclic) bond motifs is 1. The zero-order valence-electron chi connectivity index (χ0n) is 16.6. The third-order valence-electron chi connectivity index (χ3n) is 4.62. The molecule has 0 aliphatic carbocycles. The molecule has 31 heavy (non-hydrogen) atoms. The molecular formula is C20H19N7O4. The number of amides is 1. The summed E-state index contributed by atoms with van der Waals surface area (Å²) in [7, 11) is 0. The first kappa shape index (κ1) is 20.0. The smallest absolute Gasteiger partial charge is 0.338 e. The van der Waals surface area contributed by atoms with Gasteiger partial charge in [-0.25, -0.2) is 14.5 Å². The summed E-state index contributed by atoms with van der Waals surface area (Å²) in [5.74, 6) is -1.19. The highest BCUT2D eigenvalue weighted by molar-refractivity contribution is 5.94. The van der Waals surface area contributed by atoms with E-state index in [1.807, 2.05) is 19.1 Å². The van der Waals surface area contributed by atoms with Gasteiger partial charge >= 0.3 is 5.97 Å². The number of carbonyl (C=O) groups is 2.